The second-order valence-corrected chi connectivity index (χ2v) is 7.12. The van der Waals surface area contributed by atoms with Crippen LogP contribution in [-0.2, 0) is 19.4 Å². The van der Waals surface area contributed by atoms with E-state index < -0.39 is 0 Å². The predicted molar refractivity (Wildman–Crippen MR) is 106 cm³/mol. The molecule has 2 atom stereocenters. The van der Waals surface area contributed by atoms with Gasteiger partial charge in [-0.25, -0.2) is 9.67 Å². The molecule has 3 rings (SSSR count). The van der Waals surface area contributed by atoms with Gasteiger partial charge in [0.05, 0.1) is 6.54 Å². The van der Waals surface area contributed by atoms with Crippen molar-refractivity contribution in [2.45, 2.75) is 58.5 Å². The Balaban J connectivity index is 1.52. The van der Waals surface area contributed by atoms with E-state index >= 15 is 0 Å². The van der Waals surface area contributed by atoms with Crippen molar-refractivity contribution in [1.82, 2.24) is 25.4 Å². The Morgan fingerprint density at radius 3 is 2.81 bits per heavy atom. The van der Waals surface area contributed by atoms with Gasteiger partial charge in [-0.1, -0.05) is 43.7 Å². The second kappa shape index (κ2) is 8.34. The molecule has 0 bridgehead atoms. The van der Waals surface area contributed by atoms with Gasteiger partial charge in [-0.2, -0.15) is 5.10 Å². The van der Waals surface area contributed by atoms with E-state index in [1.807, 2.05) is 11.7 Å². The van der Waals surface area contributed by atoms with Gasteiger partial charge in [-0.15, -0.1) is 0 Å². The number of benzene rings is 1. The van der Waals surface area contributed by atoms with Crippen molar-refractivity contribution in [3.05, 3.63) is 47.0 Å². The molecule has 6 nitrogen and oxygen atoms in total. The molecule has 26 heavy (non-hydrogen) atoms. The summed E-state index contributed by atoms with van der Waals surface area (Å²) in [6.07, 6.45) is 2.90. The molecule has 2 heterocycles. The molecule has 2 unspecified atom stereocenters. The van der Waals surface area contributed by atoms with Crippen molar-refractivity contribution in [2.24, 2.45) is 4.99 Å². The predicted octanol–water partition coefficient (Wildman–Crippen LogP) is 2.43. The summed E-state index contributed by atoms with van der Waals surface area (Å²) in [6.45, 7) is 8.14. The molecule has 1 aliphatic heterocycles. The SMILES string of the molecule is CCc1nc2n(n1)CC(NC(=NC)NCC(C)c1ccc(C)cc1)CC2. The van der Waals surface area contributed by atoms with Crippen molar-refractivity contribution in [3.8, 4) is 0 Å². The van der Waals surface area contributed by atoms with Crippen LogP contribution in [0.5, 0.6) is 0 Å². The molecule has 0 amide bonds. The van der Waals surface area contributed by atoms with Crippen LogP contribution in [0.1, 0.15) is 49.0 Å². The van der Waals surface area contributed by atoms with E-state index in [0.717, 1.165) is 50.0 Å². The van der Waals surface area contributed by atoms with Crippen LogP contribution in [0.3, 0.4) is 0 Å². The van der Waals surface area contributed by atoms with E-state index in [2.05, 4.69) is 70.7 Å². The number of hydrogen-bond donors (Lipinski definition) is 2. The van der Waals surface area contributed by atoms with Gasteiger partial charge in [0.25, 0.3) is 0 Å². The van der Waals surface area contributed by atoms with E-state index in [9.17, 15) is 0 Å². The van der Waals surface area contributed by atoms with Gasteiger partial charge < -0.3 is 10.6 Å². The first-order valence-corrected chi connectivity index (χ1v) is 9.55. The maximum atomic E-state index is 4.58. The van der Waals surface area contributed by atoms with E-state index in [4.69, 9.17) is 0 Å². The first-order valence-electron chi connectivity index (χ1n) is 9.55. The topological polar surface area (TPSA) is 67.1 Å². The van der Waals surface area contributed by atoms with Gasteiger partial charge in [0, 0.05) is 32.5 Å². The summed E-state index contributed by atoms with van der Waals surface area (Å²) >= 11 is 0. The van der Waals surface area contributed by atoms with Crippen LogP contribution < -0.4 is 10.6 Å². The van der Waals surface area contributed by atoms with Gasteiger partial charge in [0.1, 0.15) is 5.82 Å². The number of aliphatic imine (C=N–C) groups is 1. The summed E-state index contributed by atoms with van der Waals surface area (Å²) in [5.41, 5.74) is 2.64. The molecular formula is C20H30N6. The maximum Gasteiger partial charge on any atom is 0.191 e. The minimum atomic E-state index is 0.329. The highest BCUT2D eigenvalue weighted by molar-refractivity contribution is 5.80. The molecule has 140 valence electrons. The van der Waals surface area contributed by atoms with Gasteiger partial charge in [0.15, 0.2) is 11.8 Å². The standard InChI is InChI=1S/C20H30N6/c1-5-18-24-19-11-10-17(13-26(19)25-18)23-20(21-4)22-12-15(3)16-8-6-14(2)7-9-16/h6-9,15,17H,5,10-13H2,1-4H3,(H2,21,22,23). The summed E-state index contributed by atoms with van der Waals surface area (Å²) in [5.74, 6) is 3.33. The van der Waals surface area contributed by atoms with Crippen molar-refractivity contribution >= 4 is 5.96 Å². The minimum absolute atomic E-state index is 0.329. The van der Waals surface area contributed by atoms with Crippen LogP contribution in [0.2, 0.25) is 0 Å². The molecule has 0 saturated heterocycles. The molecule has 2 N–H and O–H groups in total. The number of aryl methyl sites for hydroxylation is 3. The summed E-state index contributed by atoms with van der Waals surface area (Å²) < 4.78 is 2.04. The largest absolute Gasteiger partial charge is 0.356 e. The number of guanidine groups is 1. The Hall–Kier alpha value is -2.37. The lowest BCUT2D eigenvalue weighted by molar-refractivity contribution is 0.392. The number of fused-ring (bicyclic) bond motifs is 1. The molecule has 0 aliphatic carbocycles. The monoisotopic (exact) mass is 354 g/mol. The number of aromatic nitrogens is 3. The van der Waals surface area contributed by atoms with E-state index in [-0.39, 0.29) is 0 Å². The van der Waals surface area contributed by atoms with Crippen molar-refractivity contribution in [1.29, 1.82) is 0 Å². The lowest BCUT2D eigenvalue weighted by Gasteiger charge is -2.26. The summed E-state index contributed by atoms with van der Waals surface area (Å²) in [6, 6.07) is 9.07. The molecule has 0 saturated carbocycles. The highest BCUT2D eigenvalue weighted by Gasteiger charge is 2.22. The van der Waals surface area contributed by atoms with Crippen LogP contribution in [0, 0.1) is 6.92 Å². The zero-order valence-corrected chi connectivity index (χ0v) is 16.3. The van der Waals surface area contributed by atoms with Crippen molar-refractivity contribution < 1.29 is 0 Å². The Kier molecular flexibility index (Phi) is 5.91. The molecular weight excluding hydrogens is 324 g/mol. The van der Waals surface area contributed by atoms with E-state index in [0.29, 0.717) is 12.0 Å². The molecule has 0 spiro atoms. The number of hydrogen-bond acceptors (Lipinski definition) is 3. The second-order valence-electron chi connectivity index (χ2n) is 7.12. The summed E-state index contributed by atoms with van der Waals surface area (Å²) in [4.78, 5) is 8.97. The van der Waals surface area contributed by atoms with Gasteiger partial charge in [0.2, 0.25) is 0 Å². The highest BCUT2D eigenvalue weighted by Crippen LogP contribution is 2.15. The summed E-state index contributed by atoms with van der Waals surface area (Å²) in [5, 5.41) is 11.6. The third-order valence-electron chi connectivity index (χ3n) is 5.00. The Labute approximate surface area is 156 Å². The van der Waals surface area contributed by atoms with Gasteiger partial charge >= 0.3 is 0 Å². The Bertz CT molecular complexity index is 746. The third kappa shape index (κ3) is 4.42. The third-order valence-corrected chi connectivity index (χ3v) is 5.00. The van der Waals surface area contributed by atoms with Crippen LogP contribution >= 0.6 is 0 Å². The molecule has 2 aromatic rings. The summed E-state index contributed by atoms with van der Waals surface area (Å²) in [7, 11) is 1.82. The van der Waals surface area contributed by atoms with Gasteiger partial charge in [-0.05, 0) is 24.8 Å². The minimum Gasteiger partial charge on any atom is -0.356 e. The van der Waals surface area contributed by atoms with Crippen LogP contribution in [0.25, 0.3) is 0 Å². The van der Waals surface area contributed by atoms with Crippen molar-refractivity contribution in [3.63, 3.8) is 0 Å². The quantitative estimate of drug-likeness (QED) is 0.639. The van der Waals surface area contributed by atoms with Crippen LogP contribution in [0.15, 0.2) is 29.3 Å². The number of rotatable bonds is 5. The fourth-order valence-corrected chi connectivity index (χ4v) is 3.28. The number of nitrogens with one attached hydrogen (secondary N) is 2. The van der Waals surface area contributed by atoms with Crippen LogP contribution in [0.4, 0.5) is 0 Å². The molecule has 0 fully saturated rings. The van der Waals surface area contributed by atoms with E-state index in [1.165, 1.54) is 11.1 Å². The smallest absolute Gasteiger partial charge is 0.191 e. The average Bonchev–Trinajstić information content (AvgIpc) is 3.07. The zero-order valence-electron chi connectivity index (χ0n) is 16.3. The zero-order chi connectivity index (χ0) is 18.5. The molecule has 0 radical (unpaired) electrons. The Morgan fingerprint density at radius 1 is 1.35 bits per heavy atom. The molecule has 1 aliphatic rings. The van der Waals surface area contributed by atoms with Crippen molar-refractivity contribution in [2.75, 3.05) is 13.6 Å². The fourth-order valence-electron chi connectivity index (χ4n) is 3.28. The van der Waals surface area contributed by atoms with Gasteiger partial charge in [-0.3, -0.25) is 4.99 Å². The molecule has 1 aromatic heterocycles. The first kappa shape index (κ1) is 18.4. The lowest BCUT2D eigenvalue weighted by atomic mass is 10.0. The highest BCUT2D eigenvalue weighted by atomic mass is 15.4. The number of nitrogens with zero attached hydrogens (tertiary/aromatic N) is 4. The Morgan fingerprint density at radius 2 is 2.12 bits per heavy atom. The fraction of sp³-hybridized carbons (Fsp3) is 0.550. The van der Waals surface area contributed by atoms with E-state index in [1.54, 1.807) is 0 Å². The van der Waals surface area contributed by atoms with Crippen LogP contribution in [-0.4, -0.2) is 40.4 Å². The maximum absolute atomic E-state index is 4.58. The normalized spacial score (nSPS) is 18.3. The molecule has 6 heteroatoms. The average molecular weight is 355 g/mol. The molecule has 1 aromatic carbocycles. The first-order chi connectivity index (χ1) is 12.6. The lowest BCUT2D eigenvalue weighted by Crippen LogP contribution is -2.47.